The van der Waals surface area contributed by atoms with Crippen LogP contribution in [-0.2, 0) is 7.05 Å². The lowest BCUT2D eigenvalue weighted by molar-refractivity contribution is 0.605. The SMILES string of the molecule is Cn1nccc1N/N=C/C(C)(C)C. The van der Waals surface area contributed by atoms with Crippen molar-refractivity contribution in [1.82, 2.24) is 9.78 Å². The molecule has 1 rings (SSSR count). The number of aryl methyl sites for hydroxylation is 1. The average molecular weight is 180 g/mol. The molecular weight excluding hydrogens is 164 g/mol. The largest absolute Gasteiger partial charge is 0.262 e. The van der Waals surface area contributed by atoms with Gasteiger partial charge >= 0.3 is 0 Å². The van der Waals surface area contributed by atoms with Crippen LogP contribution in [-0.4, -0.2) is 16.0 Å². The average Bonchev–Trinajstić information content (AvgIpc) is 2.34. The first kappa shape index (κ1) is 9.77. The Bertz CT molecular complexity index is 293. The third kappa shape index (κ3) is 3.27. The van der Waals surface area contributed by atoms with E-state index < -0.39 is 0 Å². The molecule has 72 valence electrons. The first-order valence-electron chi connectivity index (χ1n) is 4.27. The molecule has 0 saturated carbocycles. The van der Waals surface area contributed by atoms with Gasteiger partial charge in [-0.15, -0.1) is 0 Å². The summed E-state index contributed by atoms with van der Waals surface area (Å²) >= 11 is 0. The van der Waals surface area contributed by atoms with Crippen LogP contribution in [0.25, 0.3) is 0 Å². The van der Waals surface area contributed by atoms with Gasteiger partial charge in [0.1, 0.15) is 5.82 Å². The van der Waals surface area contributed by atoms with E-state index in [4.69, 9.17) is 0 Å². The zero-order chi connectivity index (χ0) is 9.90. The maximum Gasteiger partial charge on any atom is 0.144 e. The number of nitrogens with zero attached hydrogens (tertiary/aromatic N) is 3. The Balaban J connectivity index is 2.53. The Hall–Kier alpha value is -1.32. The van der Waals surface area contributed by atoms with Crippen molar-refractivity contribution in [3.63, 3.8) is 0 Å². The van der Waals surface area contributed by atoms with Gasteiger partial charge in [0.05, 0.1) is 6.20 Å². The maximum atomic E-state index is 4.11. The fourth-order valence-electron chi connectivity index (χ4n) is 0.776. The van der Waals surface area contributed by atoms with E-state index in [1.807, 2.05) is 19.3 Å². The summed E-state index contributed by atoms with van der Waals surface area (Å²) in [5.41, 5.74) is 3.02. The van der Waals surface area contributed by atoms with Gasteiger partial charge in [0.25, 0.3) is 0 Å². The van der Waals surface area contributed by atoms with E-state index >= 15 is 0 Å². The third-order valence-electron chi connectivity index (χ3n) is 1.45. The lowest BCUT2D eigenvalue weighted by atomic mass is 9.99. The predicted molar refractivity (Wildman–Crippen MR) is 54.8 cm³/mol. The number of hydrogen-bond acceptors (Lipinski definition) is 3. The van der Waals surface area contributed by atoms with Gasteiger partial charge in [-0.2, -0.15) is 10.2 Å². The van der Waals surface area contributed by atoms with Crippen molar-refractivity contribution in [1.29, 1.82) is 0 Å². The normalized spacial score (nSPS) is 12.3. The summed E-state index contributed by atoms with van der Waals surface area (Å²) in [5, 5.41) is 8.12. The Morgan fingerprint density at radius 3 is 2.69 bits per heavy atom. The zero-order valence-electron chi connectivity index (χ0n) is 8.57. The van der Waals surface area contributed by atoms with Crippen molar-refractivity contribution >= 4 is 12.0 Å². The van der Waals surface area contributed by atoms with Crippen LogP contribution in [0, 0.1) is 5.41 Å². The summed E-state index contributed by atoms with van der Waals surface area (Å²) in [6.07, 6.45) is 3.61. The van der Waals surface area contributed by atoms with Crippen LogP contribution >= 0.6 is 0 Å². The van der Waals surface area contributed by atoms with E-state index in [0.717, 1.165) is 5.82 Å². The Morgan fingerprint density at radius 2 is 2.23 bits per heavy atom. The third-order valence-corrected chi connectivity index (χ3v) is 1.45. The molecule has 0 atom stereocenters. The molecule has 1 aromatic rings. The number of rotatable bonds is 2. The van der Waals surface area contributed by atoms with Gasteiger partial charge in [-0.3, -0.25) is 10.1 Å². The molecule has 0 bridgehead atoms. The van der Waals surface area contributed by atoms with Gasteiger partial charge in [-0.1, -0.05) is 20.8 Å². The quantitative estimate of drug-likeness (QED) is 0.557. The first-order valence-corrected chi connectivity index (χ1v) is 4.27. The summed E-state index contributed by atoms with van der Waals surface area (Å²) < 4.78 is 1.74. The molecule has 0 aliphatic carbocycles. The summed E-state index contributed by atoms with van der Waals surface area (Å²) in [6.45, 7) is 6.30. The lowest BCUT2D eigenvalue weighted by Crippen LogP contribution is -2.08. The van der Waals surface area contributed by atoms with Crippen LogP contribution in [0.1, 0.15) is 20.8 Å². The van der Waals surface area contributed by atoms with Gasteiger partial charge in [0, 0.05) is 19.3 Å². The van der Waals surface area contributed by atoms with Crippen molar-refractivity contribution < 1.29 is 0 Å². The second-order valence-corrected chi connectivity index (χ2v) is 4.08. The van der Waals surface area contributed by atoms with Crippen LogP contribution in [0.4, 0.5) is 5.82 Å². The van der Waals surface area contributed by atoms with Crippen LogP contribution in [0.15, 0.2) is 17.4 Å². The lowest BCUT2D eigenvalue weighted by Gasteiger charge is -2.09. The Morgan fingerprint density at radius 1 is 1.54 bits per heavy atom. The molecule has 0 unspecified atom stereocenters. The molecule has 0 amide bonds. The zero-order valence-corrected chi connectivity index (χ0v) is 8.57. The fraction of sp³-hybridized carbons (Fsp3) is 0.556. The van der Waals surface area contributed by atoms with Crippen molar-refractivity contribution in [2.45, 2.75) is 20.8 Å². The highest BCUT2D eigenvalue weighted by Gasteiger charge is 2.04. The molecule has 0 fully saturated rings. The number of anilines is 1. The molecule has 0 aliphatic heterocycles. The number of nitrogens with one attached hydrogen (secondary N) is 1. The summed E-state index contributed by atoms with van der Waals surface area (Å²) in [7, 11) is 1.87. The minimum atomic E-state index is 0.103. The molecule has 4 nitrogen and oxygen atoms in total. The van der Waals surface area contributed by atoms with Crippen molar-refractivity contribution in [2.24, 2.45) is 17.6 Å². The Labute approximate surface area is 78.6 Å². The van der Waals surface area contributed by atoms with E-state index in [1.165, 1.54) is 0 Å². The molecule has 0 aliphatic rings. The topological polar surface area (TPSA) is 42.2 Å². The molecule has 4 heteroatoms. The van der Waals surface area contributed by atoms with Gasteiger partial charge in [0.2, 0.25) is 0 Å². The highest BCUT2D eigenvalue weighted by Crippen LogP contribution is 2.09. The first-order chi connectivity index (χ1) is 5.99. The second kappa shape index (κ2) is 3.60. The van der Waals surface area contributed by atoms with Gasteiger partial charge < -0.3 is 0 Å². The van der Waals surface area contributed by atoms with Gasteiger partial charge in [-0.05, 0) is 5.41 Å². The standard InChI is InChI=1S/C9H16N4/c1-9(2,3)7-10-12-8-5-6-11-13(8)4/h5-7,12H,1-4H3/b10-7+. The molecule has 0 saturated heterocycles. The minimum absolute atomic E-state index is 0.103. The summed E-state index contributed by atoms with van der Waals surface area (Å²) in [5.74, 6) is 0.889. The van der Waals surface area contributed by atoms with Crippen molar-refractivity contribution in [3.05, 3.63) is 12.3 Å². The Kier molecular flexibility index (Phi) is 2.70. The van der Waals surface area contributed by atoms with Gasteiger partial charge in [0.15, 0.2) is 0 Å². The molecule has 1 heterocycles. The van der Waals surface area contributed by atoms with Crippen LogP contribution in [0.3, 0.4) is 0 Å². The number of hydrogen-bond donors (Lipinski definition) is 1. The molecule has 0 aromatic carbocycles. The minimum Gasteiger partial charge on any atom is -0.262 e. The summed E-state index contributed by atoms with van der Waals surface area (Å²) in [4.78, 5) is 0. The van der Waals surface area contributed by atoms with E-state index in [0.29, 0.717) is 0 Å². The van der Waals surface area contributed by atoms with Crippen LogP contribution in [0.5, 0.6) is 0 Å². The smallest absolute Gasteiger partial charge is 0.144 e. The van der Waals surface area contributed by atoms with Gasteiger partial charge in [-0.25, -0.2) is 0 Å². The monoisotopic (exact) mass is 180 g/mol. The summed E-state index contributed by atoms with van der Waals surface area (Å²) in [6, 6.07) is 1.88. The highest BCUT2D eigenvalue weighted by atomic mass is 15.4. The van der Waals surface area contributed by atoms with Crippen LogP contribution in [0.2, 0.25) is 0 Å². The van der Waals surface area contributed by atoms with E-state index in [1.54, 1.807) is 10.9 Å². The van der Waals surface area contributed by atoms with E-state index in [9.17, 15) is 0 Å². The number of hydrazone groups is 1. The van der Waals surface area contributed by atoms with E-state index in [-0.39, 0.29) is 5.41 Å². The molecule has 1 N–H and O–H groups in total. The fourth-order valence-corrected chi connectivity index (χ4v) is 0.776. The number of aromatic nitrogens is 2. The highest BCUT2D eigenvalue weighted by molar-refractivity contribution is 5.65. The predicted octanol–water partition coefficient (Wildman–Crippen LogP) is 1.86. The molecule has 0 spiro atoms. The van der Waals surface area contributed by atoms with E-state index in [2.05, 4.69) is 36.4 Å². The molecule has 0 radical (unpaired) electrons. The van der Waals surface area contributed by atoms with Crippen molar-refractivity contribution in [3.8, 4) is 0 Å². The molecule has 13 heavy (non-hydrogen) atoms. The van der Waals surface area contributed by atoms with Crippen LogP contribution < -0.4 is 5.43 Å². The molecular formula is C9H16N4. The second-order valence-electron chi connectivity index (χ2n) is 4.08. The van der Waals surface area contributed by atoms with Crippen molar-refractivity contribution in [2.75, 3.05) is 5.43 Å². The maximum absolute atomic E-state index is 4.11. The molecule has 1 aromatic heterocycles.